The topological polar surface area (TPSA) is 29.5 Å². The largest absolute Gasteiger partial charge is 0.385 e. The van der Waals surface area contributed by atoms with E-state index in [0.29, 0.717) is 6.61 Å². The lowest BCUT2D eigenvalue weighted by Crippen LogP contribution is -2.39. The molecule has 0 spiro atoms. The highest BCUT2D eigenvalue weighted by Crippen LogP contribution is 2.41. The fraction of sp³-hybridized carbons (Fsp3) is 0.667. The van der Waals surface area contributed by atoms with Gasteiger partial charge in [0.2, 0.25) is 0 Å². The Morgan fingerprint density at radius 1 is 1.15 bits per heavy atom. The SMILES string of the molecule is CCOC1(C(O)c2cc(C)ccc2C)CCCCCC1. The second kappa shape index (κ2) is 6.73. The van der Waals surface area contributed by atoms with Crippen LogP contribution in [-0.2, 0) is 4.74 Å². The molecule has 1 aliphatic carbocycles. The van der Waals surface area contributed by atoms with Gasteiger partial charge in [0.25, 0.3) is 0 Å². The third-order valence-electron chi connectivity index (χ3n) is 4.61. The average molecular weight is 276 g/mol. The van der Waals surface area contributed by atoms with E-state index in [0.717, 1.165) is 36.8 Å². The zero-order chi connectivity index (χ0) is 14.6. The smallest absolute Gasteiger partial charge is 0.108 e. The van der Waals surface area contributed by atoms with Crippen LogP contribution in [0.4, 0.5) is 0 Å². The summed E-state index contributed by atoms with van der Waals surface area (Å²) in [5.74, 6) is 0. The molecule has 2 nitrogen and oxygen atoms in total. The van der Waals surface area contributed by atoms with Gasteiger partial charge in [-0.15, -0.1) is 0 Å². The lowest BCUT2D eigenvalue weighted by Gasteiger charge is -2.38. The number of benzene rings is 1. The van der Waals surface area contributed by atoms with E-state index >= 15 is 0 Å². The van der Waals surface area contributed by atoms with E-state index in [2.05, 4.69) is 32.0 Å². The first-order valence-corrected chi connectivity index (χ1v) is 7.98. The Balaban J connectivity index is 2.34. The fourth-order valence-corrected chi connectivity index (χ4v) is 3.45. The summed E-state index contributed by atoms with van der Waals surface area (Å²) in [5.41, 5.74) is 3.01. The first-order valence-electron chi connectivity index (χ1n) is 7.98. The predicted molar refractivity (Wildman–Crippen MR) is 82.9 cm³/mol. The van der Waals surface area contributed by atoms with Crippen molar-refractivity contribution in [2.24, 2.45) is 0 Å². The Morgan fingerprint density at radius 3 is 2.40 bits per heavy atom. The van der Waals surface area contributed by atoms with E-state index in [1.54, 1.807) is 0 Å². The molecule has 2 heteroatoms. The molecule has 20 heavy (non-hydrogen) atoms. The summed E-state index contributed by atoms with van der Waals surface area (Å²) < 4.78 is 6.11. The van der Waals surface area contributed by atoms with E-state index in [9.17, 15) is 5.11 Å². The fourth-order valence-electron chi connectivity index (χ4n) is 3.45. The van der Waals surface area contributed by atoms with Crippen LogP contribution in [0, 0.1) is 13.8 Å². The predicted octanol–water partition coefficient (Wildman–Crippen LogP) is 4.47. The van der Waals surface area contributed by atoms with Gasteiger partial charge in [0, 0.05) is 6.61 Å². The van der Waals surface area contributed by atoms with E-state index in [-0.39, 0.29) is 5.60 Å². The van der Waals surface area contributed by atoms with Gasteiger partial charge in [-0.3, -0.25) is 0 Å². The Labute approximate surface area is 123 Å². The van der Waals surface area contributed by atoms with Gasteiger partial charge in [-0.1, -0.05) is 49.4 Å². The maximum absolute atomic E-state index is 11.0. The molecule has 1 N–H and O–H groups in total. The second-order valence-corrected chi connectivity index (χ2v) is 6.17. The number of aliphatic hydroxyl groups is 1. The zero-order valence-corrected chi connectivity index (χ0v) is 13.1. The molecular weight excluding hydrogens is 248 g/mol. The summed E-state index contributed by atoms with van der Waals surface area (Å²) >= 11 is 0. The molecule has 2 rings (SSSR count). The van der Waals surface area contributed by atoms with Gasteiger partial charge in [-0.05, 0) is 44.7 Å². The summed E-state index contributed by atoms with van der Waals surface area (Å²) in [6, 6.07) is 6.32. The van der Waals surface area contributed by atoms with Crippen molar-refractivity contribution in [1.82, 2.24) is 0 Å². The zero-order valence-electron chi connectivity index (χ0n) is 13.1. The molecule has 0 saturated heterocycles. The Hall–Kier alpha value is -0.860. The van der Waals surface area contributed by atoms with Crippen molar-refractivity contribution in [1.29, 1.82) is 0 Å². The Morgan fingerprint density at radius 2 is 1.80 bits per heavy atom. The van der Waals surface area contributed by atoms with Gasteiger partial charge in [0.1, 0.15) is 6.10 Å². The van der Waals surface area contributed by atoms with E-state index in [4.69, 9.17) is 4.74 Å². The molecule has 0 bridgehead atoms. The first-order chi connectivity index (χ1) is 9.59. The molecule has 1 unspecified atom stereocenters. The normalized spacial score (nSPS) is 20.4. The van der Waals surface area contributed by atoms with Crippen LogP contribution in [0.3, 0.4) is 0 Å². The Kier molecular flexibility index (Phi) is 5.22. The maximum Gasteiger partial charge on any atom is 0.108 e. The van der Waals surface area contributed by atoms with Crippen LogP contribution in [0.25, 0.3) is 0 Å². The molecule has 112 valence electrons. The molecular formula is C18H28O2. The molecule has 1 aromatic carbocycles. The Bertz CT molecular complexity index is 431. The highest BCUT2D eigenvalue weighted by atomic mass is 16.5. The first kappa shape index (κ1) is 15.5. The minimum atomic E-state index is -0.513. The molecule has 1 atom stereocenters. The van der Waals surface area contributed by atoms with Crippen LogP contribution >= 0.6 is 0 Å². The molecule has 0 aliphatic heterocycles. The lowest BCUT2D eigenvalue weighted by atomic mass is 9.82. The average Bonchev–Trinajstić information content (AvgIpc) is 2.68. The number of aliphatic hydroxyl groups excluding tert-OH is 1. The van der Waals surface area contributed by atoms with Crippen molar-refractivity contribution in [3.05, 3.63) is 34.9 Å². The monoisotopic (exact) mass is 276 g/mol. The van der Waals surface area contributed by atoms with Crippen LogP contribution in [-0.4, -0.2) is 17.3 Å². The van der Waals surface area contributed by atoms with Gasteiger partial charge in [0.15, 0.2) is 0 Å². The number of hydrogen-bond acceptors (Lipinski definition) is 2. The van der Waals surface area contributed by atoms with Crippen LogP contribution < -0.4 is 0 Å². The third kappa shape index (κ3) is 3.24. The number of hydrogen-bond donors (Lipinski definition) is 1. The van der Waals surface area contributed by atoms with Gasteiger partial charge < -0.3 is 9.84 Å². The summed E-state index contributed by atoms with van der Waals surface area (Å²) in [6.45, 7) is 6.86. The molecule has 0 amide bonds. The molecule has 0 heterocycles. The number of aryl methyl sites for hydroxylation is 2. The molecule has 1 saturated carbocycles. The van der Waals surface area contributed by atoms with E-state index in [1.165, 1.54) is 18.4 Å². The van der Waals surface area contributed by atoms with Crippen molar-refractivity contribution in [3.8, 4) is 0 Å². The standard InChI is InChI=1S/C18H28O2/c1-4-20-18(11-7-5-6-8-12-18)17(19)16-13-14(2)9-10-15(16)3/h9-10,13,17,19H,4-8,11-12H2,1-3H3. The summed E-state index contributed by atoms with van der Waals surface area (Å²) in [5, 5.41) is 11.0. The van der Waals surface area contributed by atoms with E-state index < -0.39 is 6.10 Å². The van der Waals surface area contributed by atoms with Crippen molar-refractivity contribution >= 4 is 0 Å². The molecule has 1 fully saturated rings. The van der Waals surface area contributed by atoms with Crippen molar-refractivity contribution < 1.29 is 9.84 Å². The molecule has 1 aromatic rings. The highest BCUT2D eigenvalue weighted by Gasteiger charge is 2.40. The van der Waals surface area contributed by atoms with Gasteiger partial charge in [-0.25, -0.2) is 0 Å². The summed E-state index contributed by atoms with van der Waals surface area (Å²) in [7, 11) is 0. The van der Waals surface area contributed by atoms with Gasteiger partial charge in [-0.2, -0.15) is 0 Å². The van der Waals surface area contributed by atoms with Crippen LogP contribution in [0.5, 0.6) is 0 Å². The lowest BCUT2D eigenvalue weighted by molar-refractivity contribution is -0.131. The van der Waals surface area contributed by atoms with Crippen molar-refractivity contribution in [2.45, 2.75) is 71.0 Å². The number of ether oxygens (including phenoxy) is 1. The molecule has 0 aromatic heterocycles. The van der Waals surface area contributed by atoms with Crippen LogP contribution in [0.2, 0.25) is 0 Å². The summed E-state index contributed by atoms with van der Waals surface area (Å²) in [6.07, 6.45) is 6.25. The minimum absolute atomic E-state index is 0.385. The highest BCUT2D eigenvalue weighted by molar-refractivity contribution is 5.33. The second-order valence-electron chi connectivity index (χ2n) is 6.17. The van der Waals surface area contributed by atoms with E-state index in [1.807, 2.05) is 6.92 Å². The van der Waals surface area contributed by atoms with Gasteiger partial charge >= 0.3 is 0 Å². The molecule has 0 radical (unpaired) electrons. The quantitative estimate of drug-likeness (QED) is 0.822. The van der Waals surface area contributed by atoms with Crippen molar-refractivity contribution in [2.75, 3.05) is 6.61 Å². The van der Waals surface area contributed by atoms with Crippen LogP contribution in [0.1, 0.15) is 68.2 Å². The van der Waals surface area contributed by atoms with Crippen LogP contribution in [0.15, 0.2) is 18.2 Å². The third-order valence-corrected chi connectivity index (χ3v) is 4.61. The van der Waals surface area contributed by atoms with Gasteiger partial charge in [0.05, 0.1) is 5.60 Å². The number of rotatable bonds is 4. The summed E-state index contributed by atoms with van der Waals surface area (Å²) in [4.78, 5) is 0. The molecule has 1 aliphatic rings. The maximum atomic E-state index is 11.0. The van der Waals surface area contributed by atoms with Crippen molar-refractivity contribution in [3.63, 3.8) is 0 Å². The minimum Gasteiger partial charge on any atom is -0.385 e.